The molecule has 0 aliphatic heterocycles. The molecule has 0 unspecified atom stereocenters. The number of halogens is 2. The highest BCUT2D eigenvalue weighted by atomic mass is 79.9. The van der Waals surface area contributed by atoms with Crippen LogP contribution in [0, 0.1) is 6.92 Å². The number of aryl methyl sites for hydroxylation is 1. The van der Waals surface area contributed by atoms with E-state index in [0.717, 1.165) is 40.9 Å². The van der Waals surface area contributed by atoms with E-state index in [0.29, 0.717) is 10.8 Å². The minimum atomic E-state index is 0.630. The van der Waals surface area contributed by atoms with Gasteiger partial charge in [0.05, 0.1) is 5.02 Å². The van der Waals surface area contributed by atoms with E-state index >= 15 is 0 Å². The van der Waals surface area contributed by atoms with Gasteiger partial charge in [0.2, 0.25) is 0 Å². The van der Waals surface area contributed by atoms with Crippen LogP contribution in [-0.2, 0) is 6.54 Å². The van der Waals surface area contributed by atoms with Crippen LogP contribution in [0.4, 0.5) is 0 Å². The van der Waals surface area contributed by atoms with Crippen LogP contribution in [0.5, 0.6) is 11.5 Å². The lowest BCUT2D eigenvalue weighted by Gasteiger charge is -2.12. The smallest absolute Gasteiger partial charge is 0.146 e. The summed E-state index contributed by atoms with van der Waals surface area (Å²) < 4.78 is 6.90. The van der Waals surface area contributed by atoms with E-state index in [9.17, 15) is 0 Å². The maximum Gasteiger partial charge on any atom is 0.146 e. The summed E-state index contributed by atoms with van der Waals surface area (Å²) >= 11 is 9.77. The molecule has 0 aromatic heterocycles. The molecule has 0 atom stereocenters. The molecule has 2 aromatic carbocycles. The predicted molar refractivity (Wildman–Crippen MR) is 92.4 cm³/mol. The van der Waals surface area contributed by atoms with Gasteiger partial charge in [-0.3, -0.25) is 0 Å². The molecule has 2 rings (SSSR count). The van der Waals surface area contributed by atoms with Crippen molar-refractivity contribution >= 4 is 27.5 Å². The van der Waals surface area contributed by atoms with Gasteiger partial charge in [0, 0.05) is 11.0 Å². The molecule has 2 nitrogen and oxygen atoms in total. The van der Waals surface area contributed by atoms with Gasteiger partial charge in [-0.1, -0.05) is 46.6 Å². The van der Waals surface area contributed by atoms with Crippen LogP contribution >= 0.6 is 27.5 Å². The maximum absolute atomic E-state index is 6.32. The fraction of sp³-hybridized carbons (Fsp3) is 0.294. The Morgan fingerprint density at radius 2 is 1.95 bits per heavy atom. The van der Waals surface area contributed by atoms with E-state index in [1.54, 1.807) is 0 Å². The van der Waals surface area contributed by atoms with Gasteiger partial charge in [-0.15, -0.1) is 0 Å². The summed E-state index contributed by atoms with van der Waals surface area (Å²) in [5, 5.41) is 3.99. The van der Waals surface area contributed by atoms with E-state index in [2.05, 4.69) is 28.2 Å². The highest BCUT2D eigenvalue weighted by Gasteiger charge is 2.07. The Morgan fingerprint density at radius 3 is 2.67 bits per heavy atom. The lowest BCUT2D eigenvalue weighted by molar-refractivity contribution is 0.478. The van der Waals surface area contributed by atoms with E-state index in [1.807, 2.05) is 43.3 Å². The van der Waals surface area contributed by atoms with Gasteiger partial charge in [-0.05, 0) is 55.3 Å². The van der Waals surface area contributed by atoms with Crippen LogP contribution in [0.1, 0.15) is 24.5 Å². The molecule has 21 heavy (non-hydrogen) atoms. The first-order valence-electron chi connectivity index (χ1n) is 7.03. The van der Waals surface area contributed by atoms with Gasteiger partial charge >= 0.3 is 0 Å². The largest absolute Gasteiger partial charge is 0.455 e. The van der Waals surface area contributed by atoms with Crippen LogP contribution in [0.3, 0.4) is 0 Å². The Morgan fingerprint density at radius 1 is 1.14 bits per heavy atom. The summed E-state index contributed by atoms with van der Waals surface area (Å²) in [4.78, 5) is 0. The highest BCUT2D eigenvalue weighted by Crippen LogP contribution is 2.33. The Balaban J connectivity index is 2.12. The standard InChI is InChI=1S/C17H19BrClNO/c1-3-8-20-11-13-5-7-16(15(19)9-13)21-17-10-14(18)6-4-12(17)2/h4-7,9-10,20H,3,8,11H2,1-2H3. The van der Waals surface area contributed by atoms with Crippen molar-refractivity contribution in [1.29, 1.82) is 0 Å². The topological polar surface area (TPSA) is 21.3 Å². The van der Waals surface area contributed by atoms with Crippen molar-refractivity contribution in [3.63, 3.8) is 0 Å². The highest BCUT2D eigenvalue weighted by molar-refractivity contribution is 9.10. The second-order valence-electron chi connectivity index (χ2n) is 4.95. The molecule has 0 fully saturated rings. The molecule has 0 aliphatic carbocycles. The first kappa shape index (κ1) is 16.3. The summed E-state index contributed by atoms with van der Waals surface area (Å²) in [5.41, 5.74) is 2.23. The maximum atomic E-state index is 6.32. The molecular formula is C17H19BrClNO. The zero-order valence-electron chi connectivity index (χ0n) is 12.2. The molecule has 0 radical (unpaired) electrons. The third kappa shape index (κ3) is 4.73. The number of rotatable bonds is 6. The molecule has 0 saturated carbocycles. The van der Waals surface area contributed by atoms with Crippen molar-refractivity contribution in [2.75, 3.05) is 6.54 Å². The Hall–Kier alpha value is -1.03. The van der Waals surface area contributed by atoms with Crippen LogP contribution in [0.15, 0.2) is 40.9 Å². The van der Waals surface area contributed by atoms with Gasteiger partial charge in [-0.25, -0.2) is 0 Å². The molecule has 0 amide bonds. The Labute approximate surface area is 139 Å². The first-order chi connectivity index (χ1) is 10.1. The molecule has 1 N–H and O–H groups in total. The Bertz CT molecular complexity index is 616. The van der Waals surface area contributed by atoms with Gasteiger partial charge < -0.3 is 10.1 Å². The van der Waals surface area contributed by atoms with Crippen molar-refractivity contribution in [2.45, 2.75) is 26.8 Å². The van der Waals surface area contributed by atoms with E-state index in [-0.39, 0.29) is 0 Å². The van der Waals surface area contributed by atoms with Crippen LogP contribution in [-0.4, -0.2) is 6.54 Å². The van der Waals surface area contributed by atoms with E-state index in [1.165, 1.54) is 0 Å². The number of ether oxygens (including phenoxy) is 1. The van der Waals surface area contributed by atoms with E-state index in [4.69, 9.17) is 16.3 Å². The molecular weight excluding hydrogens is 350 g/mol. The van der Waals surface area contributed by atoms with Crippen molar-refractivity contribution < 1.29 is 4.74 Å². The summed E-state index contributed by atoms with van der Waals surface area (Å²) in [6.07, 6.45) is 1.12. The summed E-state index contributed by atoms with van der Waals surface area (Å²) in [7, 11) is 0. The normalized spacial score (nSPS) is 10.7. The number of hydrogen-bond acceptors (Lipinski definition) is 2. The second kappa shape index (κ2) is 7.83. The molecule has 0 spiro atoms. The quantitative estimate of drug-likeness (QED) is 0.660. The van der Waals surface area contributed by atoms with Crippen LogP contribution in [0.25, 0.3) is 0 Å². The van der Waals surface area contributed by atoms with Crippen molar-refractivity contribution in [2.24, 2.45) is 0 Å². The zero-order valence-corrected chi connectivity index (χ0v) is 14.6. The molecule has 4 heteroatoms. The average Bonchev–Trinajstić information content (AvgIpc) is 2.46. The number of benzene rings is 2. The van der Waals surface area contributed by atoms with Gasteiger partial charge in [0.1, 0.15) is 11.5 Å². The number of nitrogens with one attached hydrogen (secondary N) is 1. The lowest BCUT2D eigenvalue weighted by atomic mass is 10.2. The van der Waals surface area contributed by atoms with Crippen molar-refractivity contribution in [3.8, 4) is 11.5 Å². The van der Waals surface area contributed by atoms with Crippen molar-refractivity contribution in [3.05, 3.63) is 57.0 Å². The molecule has 2 aromatic rings. The Kier molecular flexibility index (Phi) is 6.09. The summed E-state index contributed by atoms with van der Waals surface area (Å²) in [5.74, 6) is 1.49. The molecule has 0 heterocycles. The fourth-order valence-corrected chi connectivity index (χ4v) is 2.53. The van der Waals surface area contributed by atoms with E-state index < -0.39 is 0 Å². The summed E-state index contributed by atoms with van der Waals surface area (Å²) in [6.45, 7) is 5.99. The average molecular weight is 369 g/mol. The lowest BCUT2D eigenvalue weighted by Crippen LogP contribution is -2.13. The summed E-state index contributed by atoms with van der Waals surface area (Å²) in [6, 6.07) is 11.9. The second-order valence-corrected chi connectivity index (χ2v) is 6.28. The third-order valence-electron chi connectivity index (χ3n) is 3.12. The van der Waals surface area contributed by atoms with Crippen LogP contribution in [0.2, 0.25) is 5.02 Å². The zero-order chi connectivity index (χ0) is 15.2. The minimum Gasteiger partial charge on any atom is -0.455 e. The SMILES string of the molecule is CCCNCc1ccc(Oc2cc(Br)ccc2C)c(Cl)c1. The molecule has 0 saturated heterocycles. The van der Waals surface area contributed by atoms with Crippen LogP contribution < -0.4 is 10.1 Å². The minimum absolute atomic E-state index is 0.630. The van der Waals surface area contributed by atoms with Gasteiger partial charge in [0.15, 0.2) is 0 Å². The first-order valence-corrected chi connectivity index (χ1v) is 8.20. The molecule has 0 aliphatic rings. The fourth-order valence-electron chi connectivity index (χ4n) is 1.95. The van der Waals surface area contributed by atoms with Gasteiger partial charge in [-0.2, -0.15) is 0 Å². The third-order valence-corrected chi connectivity index (χ3v) is 3.91. The molecule has 112 valence electrons. The van der Waals surface area contributed by atoms with Crippen molar-refractivity contribution in [1.82, 2.24) is 5.32 Å². The molecule has 0 bridgehead atoms. The monoisotopic (exact) mass is 367 g/mol. The van der Waals surface area contributed by atoms with Gasteiger partial charge in [0.25, 0.3) is 0 Å². The number of hydrogen-bond donors (Lipinski definition) is 1. The predicted octanol–water partition coefficient (Wildman–Crippen LogP) is 5.70.